The molecule has 0 bridgehead atoms. The number of likely N-dealkylation sites (N-methyl/N-ethyl adjacent to an activating group) is 1. The van der Waals surface area contributed by atoms with Crippen molar-refractivity contribution in [3.63, 3.8) is 0 Å². The lowest BCUT2D eigenvalue weighted by Gasteiger charge is -2.20. The largest absolute Gasteiger partial charge is 0.339 e. The van der Waals surface area contributed by atoms with Crippen LogP contribution in [0.3, 0.4) is 0 Å². The molecule has 92 valence electrons. The van der Waals surface area contributed by atoms with Gasteiger partial charge in [0.15, 0.2) is 0 Å². The molecule has 0 saturated carbocycles. The molecule has 0 heterocycles. The number of nitrogens with zero attached hydrogens (tertiary/aromatic N) is 1. The number of amides is 1. The molecule has 1 aromatic rings. The first-order valence-corrected chi connectivity index (χ1v) is 6.14. The van der Waals surface area contributed by atoms with E-state index in [1.54, 1.807) is 0 Å². The lowest BCUT2D eigenvalue weighted by molar-refractivity contribution is -0.126. The van der Waals surface area contributed by atoms with Crippen LogP contribution in [0.5, 0.6) is 0 Å². The fourth-order valence-electron chi connectivity index (χ4n) is 1.81. The summed E-state index contributed by atoms with van der Waals surface area (Å²) in [6.07, 6.45) is 0. The van der Waals surface area contributed by atoms with Crippen LogP contribution < -0.4 is 0 Å². The van der Waals surface area contributed by atoms with E-state index in [1.807, 2.05) is 62.9 Å². The van der Waals surface area contributed by atoms with Crippen molar-refractivity contribution in [2.45, 2.75) is 27.7 Å². The first kappa shape index (κ1) is 13.5. The first-order chi connectivity index (χ1) is 8.11. The van der Waals surface area contributed by atoms with Crippen LogP contribution in [0.25, 0.3) is 5.57 Å². The minimum Gasteiger partial charge on any atom is -0.339 e. The molecule has 17 heavy (non-hydrogen) atoms. The third-order valence-corrected chi connectivity index (χ3v) is 3.14. The highest BCUT2D eigenvalue weighted by molar-refractivity contribution is 6.00. The van der Waals surface area contributed by atoms with Crippen LogP contribution in [0.1, 0.15) is 33.3 Å². The predicted molar refractivity (Wildman–Crippen MR) is 72.6 cm³/mol. The SMILES string of the molecule is CCN(CC)C(=O)/C(C)=C(\C)c1ccccc1. The van der Waals surface area contributed by atoms with Crippen molar-refractivity contribution < 1.29 is 4.79 Å². The molecule has 0 aliphatic carbocycles. The molecule has 0 aromatic heterocycles. The summed E-state index contributed by atoms with van der Waals surface area (Å²) in [6.45, 7) is 9.44. The molecule has 0 aliphatic rings. The molecule has 1 rings (SSSR count). The number of carbonyl (C=O) groups is 1. The molecular formula is C15H21NO. The Morgan fingerprint density at radius 3 is 2.06 bits per heavy atom. The molecule has 2 nitrogen and oxygen atoms in total. The van der Waals surface area contributed by atoms with Gasteiger partial charge in [-0.15, -0.1) is 0 Å². The molecule has 0 unspecified atom stereocenters. The fraction of sp³-hybridized carbons (Fsp3) is 0.400. The number of rotatable bonds is 4. The Balaban J connectivity index is 3.01. The molecule has 0 radical (unpaired) electrons. The molecule has 1 amide bonds. The summed E-state index contributed by atoms with van der Waals surface area (Å²) in [7, 11) is 0. The topological polar surface area (TPSA) is 20.3 Å². The van der Waals surface area contributed by atoms with E-state index in [1.165, 1.54) is 0 Å². The van der Waals surface area contributed by atoms with Gasteiger partial charge in [0, 0.05) is 18.7 Å². The van der Waals surface area contributed by atoms with Gasteiger partial charge in [0.2, 0.25) is 5.91 Å². The Morgan fingerprint density at radius 2 is 1.59 bits per heavy atom. The fourth-order valence-corrected chi connectivity index (χ4v) is 1.81. The number of allylic oxidation sites excluding steroid dienone is 1. The molecule has 0 aliphatic heterocycles. The quantitative estimate of drug-likeness (QED) is 0.728. The summed E-state index contributed by atoms with van der Waals surface area (Å²) in [5, 5.41) is 0. The highest BCUT2D eigenvalue weighted by Crippen LogP contribution is 2.19. The highest BCUT2D eigenvalue weighted by Gasteiger charge is 2.14. The van der Waals surface area contributed by atoms with Gasteiger partial charge in [-0.25, -0.2) is 0 Å². The van der Waals surface area contributed by atoms with E-state index >= 15 is 0 Å². The third-order valence-electron chi connectivity index (χ3n) is 3.14. The van der Waals surface area contributed by atoms with Gasteiger partial charge in [0.05, 0.1) is 0 Å². The van der Waals surface area contributed by atoms with Crippen LogP contribution in [0.2, 0.25) is 0 Å². The Labute approximate surface area is 104 Å². The molecular weight excluding hydrogens is 210 g/mol. The van der Waals surface area contributed by atoms with Gasteiger partial charge < -0.3 is 4.90 Å². The van der Waals surface area contributed by atoms with Crippen molar-refractivity contribution in [2.75, 3.05) is 13.1 Å². The maximum Gasteiger partial charge on any atom is 0.249 e. The third kappa shape index (κ3) is 3.19. The van der Waals surface area contributed by atoms with E-state index < -0.39 is 0 Å². The normalized spacial score (nSPS) is 12.0. The second-order valence-corrected chi connectivity index (χ2v) is 4.09. The smallest absolute Gasteiger partial charge is 0.249 e. The van der Waals surface area contributed by atoms with E-state index in [4.69, 9.17) is 0 Å². The maximum atomic E-state index is 12.2. The summed E-state index contributed by atoms with van der Waals surface area (Å²) in [4.78, 5) is 14.0. The van der Waals surface area contributed by atoms with Crippen LogP contribution in [-0.2, 0) is 4.79 Å². The minimum atomic E-state index is 0.136. The number of hydrogen-bond donors (Lipinski definition) is 0. The van der Waals surface area contributed by atoms with Crippen LogP contribution in [-0.4, -0.2) is 23.9 Å². The van der Waals surface area contributed by atoms with Gasteiger partial charge in [-0.2, -0.15) is 0 Å². The summed E-state index contributed by atoms with van der Waals surface area (Å²) >= 11 is 0. The zero-order chi connectivity index (χ0) is 12.8. The van der Waals surface area contributed by atoms with E-state index in [2.05, 4.69) is 0 Å². The Bertz CT molecular complexity index is 402. The second kappa shape index (κ2) is 6.24. The lowest BCUT2D eigenvalue weighted by Crippen LogP contribution is -2.31. The molecule has 0 fully saturated rings. The number of benzene rings is 1. The molecule has 2 heteroatoms. The summed E-state index contributed by atoms with van der Waals surface area (Å²) < 4.78 is 0. The molecule has 0 spiro atoms. The van der Waals surface area contributed by atoms with Crippen molar-refractivity contribution in [1.29, 1.82) is 0 Å². The zero-order valence-electron chi connectivity index (χ0n) is 11.2. The van der Waals surface area contributed by atoms with Crippen molar-refractivity contribution in [3.8, 4) is 0 Å². The van der Waals surface area contributed by atoms with Gasteiger partial charge >= 0.3 is 0 Å². The average Bonchev–Trinajstić information content (AvgIpc) is 2.39. The van der Waals surface area contributed by atoms with Crippen molar-refractivity contribution in [1.82, 2.24) is 4.90 Å². The molecule has 0 N–H and O–H groups in total. The van der Waals surface area contributed by atoms with Gasteiger partial charge in [0.1, 0.15) is 0 Å². The van der Waals surface area contributed by atoms with Crippen molar-refractivity contribution in [2.24, 2.45) is 0 Å². The Hall–Kier alpha value is -1.57. The van der Waals surface area contributed by atoms with E-state index in [-0.39, 0.29) is 5.91 Å². The Morgan fingerprint density at radius 1 is 1.06 bits per heavy atom. The van der Waals surface area contributed by atoms with E-state index in [9.17, 15) is 4.79 Å². The number of hydrogen-bond acceptors (Lipinski definition) is 1. The molecule has 1 aromatic carbocycles. The van der Waals surface area contributed by atoms with Gasteiger partial charge in [-0.3, -0.25) is 4.79 Å². The van der Waals surface area contributed by atoms with Gasteiger partial charge in [0.25, 0.3) is 0 Å². The molecule has 0 atom stereocenters. The van der Waals surface area contributed by atoms with E-state index in [0.29, 0.717) is 0 Å². The van der Waals surface area contributed by atoms with Crippen molar-refractivity contribution in [3.05, 3.63) is 41.5 Å². The zero-order valence-corrected chi connectivity index (χ0v) is 11.2. The lowest BCUT2D eigenvalue weighted by atomic mass is 10.0. The van der Waals surface area contributed by atoms with Crippen LogP contribution in [0.4, 0.5) is 0 Å². The summed E-state index contributed by atoms with van der Waals surface area (Å²) in [5.74, 6) is 0.136. The minimum absolute atomic E-state index is 0.136. The van der Waals surface area contributed by atoms with Crippen LogP contribution >= 0.6 is 0 Å². The second-order valence-electron chi connectivity index (χ2n) is 4.09. The summed E-state index contributed by atoms with van der Waals surface area (Å²) in [5.41, 5.74) is 3.01. The molecule has 0 saturated heterocycles. The van der Waals surface area contributed by atoms with E-state index in [0.717, 1.165) is 29.8 Å². The average molecular weight is 231 g/mol. The Kier molecular flexibility index (Phi) is 4.95. The summed E-state index contributed by atoms with van der Waals surface area (Å²) in [6, 6.07) is 10.0. The van der Waals surface area contributed by atoms with Gasteiger partial charge in [-0.05, 0) is 38.8 Å². The van der Waals surface area contributed by atoms with Crippen LogP contribution in [0, 0.1) is 0 Å². The predicted octanol–water partition coefficient (Wildman–Crippen LogP) is 3.35. The van der Waals surface area contributed by atoms with Crippen molar-refractivity contribution >= 4 is 11.5 Å². The highest BCUT2D eigenvalue weighted by atomic mass is 16.2. The number of carbonyl (C=O) groups excluding carboxylic acids is 1. The maximum absolute atomic E-state index is 12.2. The van der Waals surface area contributed by atoms with Crippen LogP contribution in [0.15, 0.2) is 35.9 Å². The monoisotopic (exact) mass is 231 g/mol. The van der Waals surface area contributed by atoms with Gasteiger partial charge in [-0.1, -0.05) is 30.3 Å². The standard InChI is InChI=1S/C15H21NO/c1-5-16(6-2)15(17)13(4)12(3)14-10-8-7-9-11-14/h7-11H,5-6H2,1-4H3/b13-12+. The first-order valence-electron chi connectivity index (χ1n) is 6.14.